The number of hydrogen-bond acceptors (Lipinski definition) is 5. The van der Waals surface area contributed by atoms with Crippen molar-refractivity contribution in [3.63, 3.8) is 0 Å². The van der Waals surface area contributed by atoms with E-state index < -0.39 is 16.6 Å². The maximum absolute atomic E-state index is 11.8. The second-order valence-corrected chi connectivity index (χ2v) is 6.20. The lowest BCUT2D eigenvalue weighted by Crippen LogP contribution is -2.29. The van der Waals surface area contributed by atoms with Crippen LogP contribution in [0.4, 0.5) is 5.69 Å². The molecule has 7 heteroatoms. The highest BCUT2D eigenvalue weighted by molar-refractivity contribution is 5.31. The summed E-state index contributed by atoms with van der Waals surface area (Å²) < 4.78 is 7.00. The number of ether oxygens (including phenoxy) is 1. The molecule has 0 bridgehead atoms. The van der Waals surface area contributed by atoms with Crippen LogP contribution in [-0.2, 0) is 17.7 Å². The van der Waals surface area contributed by atoms with Gasteiger partial charge in [-0.15, -0.1) is 0 Å². The molecular formula is C18H20N2O5. The minimum atomic E-state index is -0.922. The lowest BCUT2D eigenvalue weighted by molar-refractivity contribution is -0.385. The van der Waals surface area contributed by atoms with Crippen LogP contribution < -0.4 is 5.56 Å². The monoisotopic (exact) mass is 344 g/mol. The lowest BCUT2D eigenvalue weighted by Gasteiger charge is -2.26. The van der Waals surface area contributed by atoms with Crippen LogP contribution in [0, 0.1) is 10.1 Å². The van der Waals surface area contributed by atoms with Gasteiger partial charge < -0.3 is 14.4 Å². The number of rotatable bonds is 6. The van der Waals surface area contributed by atoms with E-state index in [1.54, 1.807) is 0 Å². The predicted molar refractivity (Wildman–Crippen MR) is 91.4 cm³/mol. The normalized spacial score (nSPS) is 17.7. The van der Waals surface area contributed by atoms with E-state index in [1.165, 1.54) is 5.56 Å². The molecule has 3 rings (SSSR count). The number of aryl methyl sites for hydroxylation is 1. The summed E-state index contributed by atoms with van der Waals surface area (Å²) in [5, 5.41) is 21.0. The molecule has 2 aromatic rings. The van der Waals surface area contributed by atoms with Crippen molar-refractivity contribution in [3.05, 3.63) is 74.2 Å². The summed E-state index contributed by atoms with van der Waals surface area (Å²) >= 11 is 0. The first-order chi connectivity index (χ1) is 12.0. The maximum Gasteiger partial charge on any atom is 0.285 e. The van der Waals surface area contributed by atoms with Crippen LogP contribution in [0.25, 0.3) is 0 Å². The highest BCUT2D eigenvalue weighted by atomic mass is 16.6. The van der Waals surface area contributed by atoms with Gasteiger partial charge in [-0.1, -0.05) is 24.3 Å². The number of benzene rings is 1. The standard InChI is InChI=1S/C18H20N2O5/c21-15(11-19-10-14(20(23)24)8-9-18(19)22)12-25-17-7-3-5-13-4-1-2-6-16(13)17/h1-2,4,6,8-10,15,17,21H,3,5,7,11-12H2/t15-,17-/m1/s1. The van der Waals surface area contributed by atoms with Crippen molar-refractivity contribution >= 4 is 5.69 Å². The van der Waals surface area contributed by atoms with Crippen molar-refractivity contribution in [2.75, 3.05) is 6.61 Å². The molecule has 0 aliphatic heterocycles. The highest BCUT2D eigenvalue weighted by Gasteiger charge is 2.21. The Morgan fingerprint density at radius 2 is 2.12 bits per heavy atom. The van der Waals surface area contributed by atoms with Crippen molar-refractivity contribution in [2.24, 2.45) is 0 Å². The molecule has 7 nitrogen and oxygen atoms in total. The highest BCUT2D eigenvalue weighted by Crippen LogP contribution is 2.32. The number of aliphatic hydroxyl groups excluding tert-OH is 1. The zero-order valence-electron chi connectivity index (χ0n) is 13.7. The predicted octanol–water partition coefficient (Wildman–Crippen LogP) is 2.21. The Hall–Kier alpha value is -2.51. The molecule has 0 amide bonds. The lowest BCUT2D eigenvalue weighted by atomic mass is 9.89. The molecule has 1 aliphatic carbocycles. The zero-order chi connectivity index (χ0) is 17.8. The van der Waals surface area contributed by atoms with Crippen LogP contribution >= 0.6 is 0 Å². The van der Waals surface area contributed by atoms with Crippen molar-refractivity contribution in [2.45, 2.75) is 38.0 Å². The Kier molecular flexibility index (Phi) is 5.25. The van der Waals surface area contributed by atoms with Crippen molar-refractivity contribution < 1.29 is 14.8 Å². The fraction of sp³-hybridized carbons (Fsp3) is 0.389. The van der Waals surface area contributed by atoms with E-state index in [9.17, 15) is 20.0 Å². The van der Waals surface area contributed by atoms with E-state index >= 15 is 0 Å². The first-order valence-electron chi connectivity index (χ1n) is 8.27. The number of nitro groups is 1. The second-order valence-electron chi connectivity index (χ2n) is 6.20. The van der Waals surface area contributed by atoms with Crippen LogP contribution in [0.5, 0.6) is 0 Å². The van der Waals surface area contributed by atoms with Gasteiger partial charge in [-0.05, 0) is 30.4 Å². The van der Waals surface area contributed by atoms with Gasteiger partial charge in [0, 0.05) is 12.1 Å². The fourth-order valence-electron chi connectivity index (χ4n) is 3.16. The van der Waals surface area contributed by atoms with Gasteiger partial charge in [0.2, 0.25) is 0 Å². The molecule has 25 heavy (non-hydrogen) atoms. The largest absolute Gasteiger partial charge is 0.389 e. The van der Waals surface area contributed by atoms with Crippen LogP contribution in [0.2, 0.25) is 0 Å². The Morgan fingerprint density at radius 1 is 1.32 bits per heavy atom. The maximum atomic E-state index is 11.8. The molecule has 2 atom stereocenters. The third kappa shape index (κ3) is 4.12. The summed E-state index contributed by atoms with van der Waals surface area (Å²) in [6, 6.07) is 10.4. The zero-order valence-corrected chi connectivity index (χ0v) is 13.7. The van der Waals surface area contributed by atoms with Crippen LogP contribution in [0.15, 0.2) is 47.4 Å². The average Bonchev–Trinajstić information content (AvgIpc) is 2.61. The molecule has 0 radical (unpaired) electrons. The minimum Gasteiger partial charge on any atom is -0.389 e. The van der Waals surface area contributed by atoms with Crippen LogP contribution in [0.1, 0.15) is 30.1 Å². The van der Waals surface area contributed by atoms with Gasteiger partial charge in [0.05, 0.1) is 36.5 Å². The molecule has 1 aromatic carbocycles. The summed E-state index contributed by atoms with van der Waals surface area (Å²) in [4.78, 5) is 22.0. The van der Waals surface area contributed by atoms with Gasteiger partial charge in [-0.2, -0.15) is 0 Å². The molecule has 0 spiro atoms. The number of pyridine rings is 1. The van der Waals surface area contributed by atoms with Crippen molar-refractivity contribution in [1.29, 1.82) is 0 Å². The van der Waals surface area contributed by atoms with Gasteiger partial charge in [0.1, 0.15) is 0 Å². The molecule has 1 heterocycles. The van der Waals surface area contributed by atoms with E-state index in [4.69, 9.17) is 4.74 Å². The van der Waals surface area contributed by atoms with E-state index in [0.29, 0.717) is 0 Å². The third-order valence-corrected chi connectivity index (χ3v) is 4.39. The van der Waals surface area contributed by atoms with Gasteiger partial charge in [0.25, 0.3) is 11.2 Å². The van der Waals surface area contributed by atoms with E-state index in [2.05, 4.69) is 6.07 Å². The number of aliphatic hydroxyl groups is 1. The molecule has 0 saturated carbocycles. The fourth-order valence-corrected chi connectivity index (χ4v) is 3.16. The average molecular weight is 344 g/mol. The second kappa shape index (κ2) is 7.58. The third-order valence-electron chi connectivity index (χ3n) is 4.39. The molecule has 0 saturated heterocycles. The summed E-state index contributed by atoms with van der Waals surface area (Å²) in [6.07, 6.45) is 3.10. The Balaban J connectivity index is 1.63. The SMILES string of the molecule is O=c1ccc([N+](=O)[O-])cn1C[C@@H](O)CO[C@@H]1CCCc2ccccc21. The smallest absolute Gasteiger partial charge is 0.285 e. The first kappa shape index (κ1) is 17.3. The molecule has 1 aliphatic rings. The van der Waals surface area contributed by atoms with Gasteiger partial charge >= 0.3 is 0 Å². The Labute approximate surface area is 144 Å². The summed E-state index contributed by atoms with van der Waals surface area (Å²) in [5.41, 5.74) is 1.83. The summed E-state index contributed by atoms with van der Waals surface area (Å²) in [5.74, 6) is 0. The Bertz CT molecular complexity index is 817. The van der Waals surface area contributed by atoms with Crippen molar-refractivity contribution in [1.82, 2.24) is 4.57 Å². The molecule has 132 valence electrons. The molecule has 1 N–H and O–H groups in total. The van der Waals surface area contributed by atoms with E-state index in [-0.39, 0.29) is 24.9 Å². The van der Waals surface area contributed by atoms with Gasteiger partial charge in [-0.25, -0.2) is 0 Å². The quantitative estimate of drug-likeness (QED) is 0.640. The van der Waals surface area contributed by atoms with Crippen LogP contribution in [-0.4, -0.2) is 27.3 Å². The number of nitrogens with zero attached hydrogens (tertiary/aromatic N) is 2. The summed E-state index contributed by atoms with van der Waals surface area (Å²) in [6.45, 7) is 0.0169. The van der Waals surface area contributed by atoms with Crippen molar-refractivity contribution in [3.8, 4) is 0 Å². The molecule has 0 unspecified atom stereocenters. The molecule has 1 aromatic heterocycles. The van der Waals surface area contributed by atoms with Gasteiger partial charge in [-0.3, -0.25) is 14.9 Å². The number of fused-ring (bicyclic) bond motifs is 1. The molecular weight excluding hydrogens is 324 g/mol. The van der Waals surface area contributed by atoms with Gasteiger partial charge in [0.15, 0.2) is 0 Å². The van der Waals surface area contributed by atoms with Crippen LogP contribution in [0.3, 0.4) is 0 Å². The number of hydrogen-bond donors (Lipinski definition) is 1. The van der Waals surface area contributed by atoms with E-state index in [1.807, 2.05) is 18.2 Å². The van der Waals surface area contributed by atoms with E-state index in [0.717, 1.165) is 47.7 Å². The minimum absolute atomic E-state index is 0.0467. The topological polar surface area (TPSA) is 94.6 Å². The molecule has 0 fully saturated rings. The Morgan fingerprint density at radius 3 is 2.92 bits per heavy atom. The number of aromatic nitrogens is 1. The summed E-state index contributed by atoms with van der Waals surface area (Å²) in [7, 11) is 0. The first-order valence-corrected chi connectivity index (χ1v) is 8.27.